The number of nitrogens with one attached hydrogen (secondary N) is 2. The van der Waals surface area contributed by atoms with Crippen molar-refractivity contribution in [3.63, 3.8) is 0 Å². The van der Waals surface area contributed by atoms with E-state index < -0.39 is 65.3 Å². The SMILES string of the molecule is CC(=O)c1c(O)c(C)c(O)c2c1OC1=CC(=O)/C(=C(/C)NCC(=O)N[C@H](CO)C(=O)O)C(=O)[C@@]12C. The Morgan fingerprint density at radius 3 is 2.31 bits per heavy atom. The lowest BCUT2D eigenvalue weighted by Crippen LogP contribution is -2.47. The average molecular weight is 488 g/mol. The second kappa shape index (κ2) is 8.87. The maximum absolute atomic E-state index is 13.6. The van der Waals surface area contributed by atoms with E-state index in [0.29, 0.717) is 0 Å². The molecule has 2 aliphatic rings. The Morgan fingerprint density at radius 1 is 1.14 bits per heavy atom. The number of carbonyl (C=O) groups excluding carboxylic acids is 4. The third kappa shape index (κ3) is 3.91. The van der Waals surface area contributed by atoms with Gasteiger partial charge in [-0.15, -0.1) is 0 Å². The van der Waals surface area contributed by atoms with Gasteiger partial charge in [0.15, 0.2) is 17.3 Å². The number of allylic oxidation sites excluding steroid dienone is 4. The van der Waals surface area contributed by atoms with Gasteiger partial charge in [0, 0.05) is 17.3 Å². The van der Waals surface area contributed by atoms with Crippen molar-refractivity contribution in [1.82, 2.24) is 10.6 Å². The molecule has 6 N–H and O–H groups in total. The van der Waals surface area contributed by atoms with Crippen molar-refractivity contribution >= 4 is 29.2 Å². The van der Waals surface area contributed by atoms with Crippen molar-refractivity contribution in [2.75, 3.05) is 13.2 Å². The summed E-state index contributed by atoms with van der Waals surface area (Å²) < 4.78 is 5.66. The molecule has 1 heterocycles. The molecular weight excluding hydrogens is 464 g/mol. The van der Waals surface area contributed by atoms with Gasteiger partial charge in [-0.2, -0.15) is 0 Å². The standard InChI is InChI=1S/C23H24N2O10/c1-8-18(30)16(10(3)27)20-17(19(8)31)23(4)13(35-20)5-12(28)15(21(23)32)9(2)24-6-14(29)25-11(7-26)22(33)34/h5,11,24,26,30-31H,6-7H2,1-4H3,(H,25,29)(H,33,34)/b15-9+/t11-,23+/m1/s1. The van der Waals surface area contributed by atoms with Gasteiger partial charge in [0.2, 0.25) is 5.91 Å². The lowest BCUT2D eigenvalue weighted by Gasteiger charge is -2.29. The number of aliphatic hydroxyl groups excluding tert-OH is 1. The number of amides is 1. The highest BCUT2D eigenvalue weighted by Gasteiger charge is 2.56. The predicted molar refractivity (Wildman–Crippen MR) is 118 cm³/mol. The Balaban J connectivity index is 2.02. The lowest BCUT2D eigenvalue weighted by atomic mass is 9.70. The molecule has 1 aromatic carbocycles. The summed E-state index contributed by atoms with van der Waals surface area (Å²) in [5.74, 6) is -5.69. The van der Waals surface area contributed by atoms with E-state index in [1.165, 1.54) is 27.7 Å². The molecule has 186 valence electrons. The number of carboxylic acids is 1. The lowest BCUT2D eigenvalue weighted by molar-refractivity contribution is -0.142. The zero-order valence-corrected chi connectivity index (χ0v) is 19.3. The number of ketones is 3. The molecule has 12 nitrogen and oxygen atoms in total. The van der Waals surface area contributed by atoms with Crippen molar-refractivity contribution in [3.05, 3.63) is 39.8 Å². The molecule has 1 aliphatic heterocycles. The summed E-state index contributed by atoms with van der Waals surface area (Å²) in [6.07, 6.45) is 1.03. The first kappa shape index (κ1) is 25.4. The van der Waals surface area contributed by atoms with E-state index in [9.17, 15) is 34.2 Å². The Kier molecular flexibility index (Phi) is 6.45. The van der Waals surface area contributed by atoms with E-state index in [1.54, 1.807) is 0 Å². The molecule has 12 heteroatoms. The summed E-state index contributed by atoms with van der Waals surface area (Å²) in [6.45, 7) is 3.97. The molecule has 2 atom stereocenters. The number of carbonyl (C=O) groups is 5. The number of Topliss-reactive ketones (excluding diaryl/α,β-unsaturated/α-hetero) is 2. The van der Waals surface area contributed by atoms with Gasteiger partial charge >= 0.3 is 5.97 Å². The number of hydrogen-bond acceptors (Lipinski definition) is 10. The third-order valence-electron chi connectivity index (χ3n) is 6.09. The van der Waals surface area contributed by atoms with E-state index >= 15 is 0 Å². The summed E-state index contributed by atoms with van der Waals surface area (Å²) in [5, 5.41) is 43.8. The number of aliphatic carboxylic acids is 1. The zero-order chi connectivity index (χ0) is 26.4. The molecule has 1 aliphatic carbocycles. The Labute approximate surface area is 198 Å². The van der Waals surface area contributed by atoms with Crippen molar-refractivity contribution in [3.8, 4) is 17.2 Å². The van der Waals surface area contributed by atoms with Crippen LogP contribution in [0, 0.1) is 6.92 Å². The number of carboxylic acid groups (broad SMARTS) is 1. The van der Waals surface area contributed by atoms with E-state index in [-0.39, 0.29) is 39.5 Å². The number of ether oxygens (including phenoxy) is 1. The quantitative estimate of drug-likeness (QED) is 0.167. The predicted octanol–water partition coefficient (Wildman–Crippen LogP) is -0.280. The average Bonchev–Trinajstić information content (AvgIpc) is 3.07. The second-order valence-electron chi connectivity index (χ2n) is 8.38. The fourth-order valence-electron chi connectivity index (χ4n) is 4.09. The van der Waals surface area contributed by atoms with Gasteiger partial charge in [0.1, 0.15) is 40.0 Å². The molecule has 0 saturated heterocycles. The van der Waals surface area contributed by atoms with Crippen LogP contribution in [0.5, 0.6) is 17.2 Å². The van der Waals surface area contributed by atoms with Crippen molar-refractivity contribution in [2.45, 2.75) is 39.2 Å². The van der Waals surface area contributed by atoms with Crippen LogP contribution >= 0.6 is 0 Å². The van der Waals surface area contributed by atoms with Gasteiger partial charge in [0.25, 0.3) is 0 Å². The molecule has 0 radical (unpaired) electrons. The van der Waals surface area contributed by atoms with Crippen LogP contribution in [0.2, 0.25) is 0 Å². The summed E-state index contributed by atoms with van der Waals surface area (Å²) in [5.41, 5.74) is -2.40. The molecule has 0 bridgehead atoms. The molecular formula is C23H24N2O10. The molecule has 0 aromatic heterocycles. The fourth-order valence-corrected chi connectivity index (χ4v) is 4.09. The van der Waals surface area contributed by atoms with Crippen LogP contribution in [0.1, 0.15) is 42.3 Å². The minimum atomic E-state index is -1.71. The Hall–Kier alpha value is -4.19. The van der Waals surface area contributed by atoms with E-state index in [4.69, 9.17) is 14.9 Å². The highest BCUT2D eigenvalue weighted by Crippen LogP contribution is 2.57. The maximum Gasteiger partial charge on any atom is 0.328 e. The highest BCUT2D eigenvalue weighted by molar-refractivity contribution is 6.31. The first-order valence-electron chi connectivity index (χ1n) is 10.4. The van der Waals surface area contributed by atoms with Gasteiger partial charge in [0.05, 0.1) is 24.3 Å². The van der Waals surface area contributed by atoms with Crippen molar-refractivity contribution in [1.29, 1.82) is 0 Å². The van der Waals surface area contributed by atoms with Gasteiger partial charge < -0.3 is 35.8 Å². The van der Waals surface area contributed by atoms with Crippen LogP contribution in [0.3, 0.4) is 0 Å². The van der Waals surface area contributed by atoms with Gasteiger partial charge in [-0.3, -0.25) is 19.2 Å². The largest absolute Gasteiger partial charge is 0.507 e. The van der Waals surface area contributed by atoms with E-state index in [2.05, 4.69) is 10.6 Å². The monoisotopic (exact) mass is 488 g/mol. The number of rotatable bonds is 7. The smallest absolute Gasteiger partial charge is 0.328 e. The summed E-state index contributed by atoms with van der Waals surface area (Å²) in [6, 6.07) is -1.52. The number of phenolic OH excluding ortho intramolecular Hbond substituents is 2. The van der Waals surface area contributed by atoms with Crippen LogP contribution in [0.15, 0.2) is 23.1 Å². The number of hydrogen-bond donors (Lipinski definition) is 6. The summed E-state index contributed by atoms with van der Waals surface area (Å²) in [7, 11) is 0. The van der Waals surface area contributed by atoms with E-state index in [1.807, 2.05) is 0 Å². The zero-order valence-electron chi connectivity index (χ0n) is 19.3. The molecule has 0 saturated carbocycles. The Morgan fingerprint density at radius 2 is 1.77 bits per heavy atom. The molecule has 3 rings (SSSR count). The minimum Gasteiger partial charge on any atom is -0.507 e. The van der Waals surface area contributed by atoms with Crippen molar-refractivity contribution in [2.24, 2.45) is 0 Å². The second-order valence-corrected chi connectivity index (χ2v) is 8.38. The number of fused-ring (bicyclic) bond motifs is 3. The van der Waals surface area contributed by atoms with Crippen LogP contribution < -0.4 is 15.4 Å². The highest BCUT2D eigenvalue weighted by atomic mass is 16.5. The molecule has 35 heavy (non-hydrogen) atoms. The summed E-state index contributed by atoms with van der Waals surface area (Å²) in [4.78, 5) is 61.6. The van der Waals surface area contributed by atoms with Gasteiger partial charge in [-0.05, 0) is 27.7 Å². The molecule has 1 amide bonds. The van der Waals surface area contributed by atoms with Crippen LogP contribution in [-0.2, 0) is 24.6 Å². The van der Waals surface area contributed by atoms with Gasteiger partial charge in [-0.1, -0.05) is 0 Å². The van der Waals surface area contributed by atoms with Crippen molar-refractivity contribution < 1.29 is 49.1 Å². The summed E-state index contributed by atoms with van der Waals surface area (Å²) >= 11 is 0. The normalized spacial score (nSPS) is 20.8. The number of aromatic hydroxyl groups is 2. The van der Waals surface area contributed by atoms with Crippen LogP contribution in [0.4, 0.5) is 0 Å². The molecule has 1 aromatic rings. The number of phenols is 2. The molecule has 0 spiro atoms. The maximum atomic E-state index is 13.6. The van der Waals surface area contributed by atoms with Gasteiger partial charge in [-0.25, -0.2) is 4.79 Å². The Bertz CT molecular complexity index is 1260. The topological polar surface area (TPSA) is 200 Å². The third-order valence-corrected chi connectivity index (χ3v) is 6.09. The minimum absolute atomic E-state index is 0.00206. The first-order valence-corrected chi connectivity index (χ1v) is 10.4. The van der Waals surface area contributed by atoms with Crippen LogP contribution in [0.25, 0.3) is 0 Å². The molecule has 0 unspecified atom stereocenters. The fraction of sp³-hybridized carbons (Fsp3) is 0.348. The number of benzene rings is 1. The van der Waals surface area contributed by atoms with Crippen LogP contribution in [-0.4, -0.2) is 68.8 Å². The first-order chi connectivity index (χ1) is 16.3. The molecule has 0 fully saturated rings. The number of aliphatic hydroxyl groups is 1. The van der Waals surface area contributed by atoms with E-state index in [0.717, 1.165) is 6.08 Å².